The number of hydrogen-bond acceptors (Lipinski definition) is 2. The van der Waals surface area contributed by atoms with Gasteiger partial charge in [-0.25, -0.2) is 0 Å². The van der Waals surface area contributed by atoms with Gasteiger partial charge in [0.25, 0.3) is 0 Å². The number of benzene rings is 1. The molecule has 1 aromatic carbocycles. The van der Waals surface area contributed by atoms with Crippen molar-refractivity contribution in [3.63, 3.8) is 0 Å². The van der Waals surface area contributed by atoms with Gasteiger partial charge in [-0.05, 0) is 42.4 Å². The number of carbonyl (C=O) groups is 1. The molecule has 2 unspecified atom stereocenters. The SMILES string of the molecule is COc1cccc2c1CCCC2C(C)C=O. The lowest BCUT2D eigenvalue weighted by molar-refractivity contribution is -0.111. The molecule has 2 rings (SSSR count). The average Bonchev–Trinajstić information content (AvgIpc) is 2.36. The molecule has 0 aliphatic heterocycles. The zero-order valence-electron chi connectivity index (χ0n) is 9.90. The van der Waals surface area contributed by atoms with E-state index in [4.69, 9.17) is 4.74 Å². The lowest BCUT2D eigenvalue weighted by atomic mass is 9.76. The Morgan fingerprint density at radius 1 is 1.50 bits per heavy atom. The highest BCUT2D eigenvalue weighted by Crippen LogP contribution is 2.39. The Balaban J connectivity index is 2.42. The molecule has 0 saturated heterocycles. The van der Waals surface area contributed by atoms with Crippen LogP contribution in [-0.2, 0) is 11.2 Å². The second-order valence-corrected chi connectivity index (χ2v) is 4.52. The van der Waals surface area contributed by atoms with Gasteiger partial charge in [-0.1, -0.05) is 19.1 Å². The first-order valence-corrected chi connectivity index (χ1v) is 5.89. The minimum atomic E-state index is 0.103. The number of fused-ring (bicyclic) bond motifs is 1. The van der Waals surface area contributed by atoms with Gasteiger partial charge in [0.15, 0.2) is 0 Å². The van der Waals surface area contributed by atoms with Crippen molar-refractivity contribution in [1.29, 1.82) is 0 Å². The van der Waals surface area contributed by atoms with E-state index in [0.717, 1.165) is 31.3 Å². The second kappa shape index (κ2) is 4.69. The first-order valence-electron chi connectivity index (χ1n) is 5.89. The lowest BCUT2D eigenvalue weighted by Crippen LogP contribution is -2.18. The van der Waals surface area contributed by atoms with Gasteiger partial charge < -0.3 is 9.53 Å². The van der Waals surface area contributed by atoms with Crippen molar-refractivity contribution >= 4 is 6.29 Å². The topological polar surface area (TPSA) is 26.3 Å². The molecule has 0 aromatic heterocycles. The summed E-state index contributed by atoms with van der Waals surface area (Å²) in [4.78, 5) is 10.9. The Bertz CT molecular complexity index is 384. The quantitative estimate of drug-likeness (QED) is 0.729. The van der Waals surface area contributed by atoms with Crippen LogP contribution in [0.2, 0.25) is 0 Å². The minimum absolute atomic E-state index is 0.103. The third-order valence-corrected chi connectivity index (χ3v) is 3.58. The average molecular weight is 218 g/mol. The first kappa shape index (κ1) is 11.2. The third kappa shape index (κ3) is 1.84. The molecule has 0 spiro atoms. The van der Waals surface area contributed by atoms with Crippen LogP contribution in [0.5, 0.6) is 5.75 Å². The van der Waals surface area contributed by atoms with E-state index in [2.05, 4.69) is 6.07 Å². The second-order valence-electron chi connectivity index (χ2n) is 4.52. The van der Waals surface area contributed by atoms with Crippen LogP contribution in [0.1, 0.15) is 36.8 Å². The molecule has 0 heterocycles. The highest BCUT2D eigenvalue weighted by atomic mass is 16.5. The molecular formula is C14H18O2. The summed E-state index contributed by atoms with van der Waals surface area (Å²) in [6.07, 6.45) is 4.40. The largest absolute Gasteiger partial charge is 0.496 e. The van der Waals surface area contributed by atoms with Crippen LogP contribution in [0.25, 0.3) is 0 Å². The number of methoxy groups -OCH3 is 1. The van der Waals surface area contributed by atoms with Gasteiger partial charge >= 0.3 is 0 Å². The summed E-state index contributed by atoms with van der Waals surface area (Å²) in [5.74, 6) is 1.45. The van der Waals surface area contributed by atoms with Gasteiger partial charge in [-0.2, -0.15) is 0 Å². The van der Waals surface area contributed by atoms with Crippen LogP contribution in [0.4, 0.5) is 0 Å². The van der Waals surface area contributed by atoms with Gasteiger partial charge in [0, 0.05) is 5.92 Å². The Labute approximate surface area is 96.6 Å². The standard InChI is InChI=1S/C14H18O2/c1-10(9-15)11-5-3-7-13-12(11)6-4-8-14(13)16-2/h4,6,8-11H,3,5,7H2,1-2H3. The monoisotopic (exact) mass is 218 g/mol. The molecule has 0 amide bonds. The molecule has 2 nitrogen and oxygen atoms in total. The van der Waals surface area contributed by atoms with E-state index in [9.17, 15) is 4.79 Å². The summed E-state index contributed by atoms with van der Waals surface area (Å²) in [6.45, 7) is 2.01. The van der Waals surface area contributed by atoms with E-state index in [1.54, 1.807) is 7.11 Å². The predicted octanol–water partition coefficient (Wildman–Crippen LogP) is 2.95. The van der Waals surface area contributed by atoms with Gasteiger partial charge in [-0.3, -0.25) is 0 Å². The number of rotatable bonds is 3. The molecular weight excluding hydrogens is 200 g/mol. The molecule has 2 heteroatoms. The first-order chi connectivity index (χ1) is 7.77. The summed E-state index contributed by atoms with van der Waals surface area (Å²) < 4.78 is 5.39. The Morgan fingerprint density at radius 3 is 3.00 bits per heavy atom. The Hall–Kier alpha value is -1.31. The summed E-state index contributed by atoms with van der Waals surface area (Å²) in [7, 11) is 1.71. The highest BCUT2D eigenvalue weighted by Gasteiger charge is 2.26. The van der Waals surface area contributed by atoms with E-state index in [0.29, 0.717) is 5.92 Å². The molecule has 0 radical (unpaired) electrons. The number of ether oxygens (including phenoxy) is 1. The zero-order chi connectivity index (χ0) is 11.5. The molecule has 86 valence electrons. The maximum absolute atomic E-state index is 10.9. The normalized spacial score (nSPS) is 21.0. The van der Waals surface area contributed by atoms with Crippen LogP contribution in [0.3, 0.4) is 0 Å². The molecule has 0 saturated carbocycles. The van der Waals surface area contributed by atoms with Gasteiger partial charge in [0.2, 0.25) is 0 Å². The van der Waals surface area contributed by atoms with E-state index in [-0.39, 0.29) is 5.92 Å². The summed E-state index contributed by atoms with van der Waals surface area (Å²) in [6, 6.07) is 6.17. The molecule has 1 aliphatic carbocycles. The third-order valence-electron chi connectivity index (χ3n) is 3.58. The van der Waals surface area contributed by atoms with Crippen molar-refractivity contribution in [1.82, 2.24) is 0 Å². The smallest absolute Gasteiger partial charge is 0.123 e. The molecule has 0 bridgehead atoms. The van der Waals surface area contributed by atoms with Gasteiger partial charge in [0.1, 0.15) is 12.0 Å². The van der Waals surface area contributed by atoms with Crippen molar-refractivity contribution in [2.24, 2.45) is 5.92 Å². The van der Waals surface area contributed by atoms with Crippen molar-refractivity contribution in [2.45, 2.75) is 32.1 Å². The van der Waals surface area contributed by atoms with Crippen molar-refractivity contribution < 1.29 is 9.53 Å². The molecule has 1 aliphatic rings. The predicted molar refractivity (Wildman–Crippen MR) is 63.9 cm³/mol. The van der Waals surface area contributed by atoms with Crippen LogP contribution in [-0.4, -0.2) is 13.4 Å². The number of carbonyl (C=O) groups excluding carboxylic acids is 1. The fourth-order valence-corrected chi connectivity index (χ4v) is 2.68. The van der Waals surface area contributed by atoms with E-state index in [1.807, 2.05) is 19.1 Å². The summed E-state index contributed by atoms with van der Waals surface area (Å²) in [5.41, 5.74) is 2.61. The van der Waals surface area contributed by atoms with E-state index in [1.165, 1.54) is 11.1 Å². The number of hydrogen-bond donors (Lipinski definition) is 0. The van der Waals surface area contributed by atoms with Gasteiger partial charge in [-0.15, -0.1) is 0 Å². The Kier molecular flexibility index (Phi) is 3.28. The van der Waals surface area contributed by atoms with Crippen LogP contribution >= 0.6 is 0 Å². The zero-order valence-corrected chi connectivity index (χ0v) is 9.90. The van der Waals surface area contributed by atoms with Crippen LogP contribution < -0.4 is 4.74 Å². The minimum Gasteiger partial charge on any atom is -0.496 e. The highest BCUT2D eigenvalue weighted by molar-refractivity contribution is 5.57. The van der Waals surface area contributed by atoms with E-state index < -0.39 is 0 Å². The summed E-state index contributed by atoms with van der Waals surface area (Å²) in [5, 5.41) is 0. The fourth-order valence-electron chi connectivity index (χ4n) is 2.68. The number of aldehydes is 1. The molecule has 16 heavy (non-hydrogen) atoms. The van der Waals surface area contributed by atoms with Crippen LogP contribution in [0, 0.1) is 5.92 Å². The maximum Gasteiger partial charge on any atom is 0.123 e. The molecule has 1 aromatic rings. The molecule has 0 fully saturated rings. The summed E-state index contributed by atoms with van der Waals surface area (Å²) >= 11 is 0. The van der Waals surface area contributed by atoms with Crippen molar-refractivity contribution in [3.05, 3.63) is 29.3 Å². The fraction of sp³-hybridized carbons (Fsp3) is 0.500. The van der Waals surface area contributed by atoms with Gasteiger partial charge in [0.05, 0.1) is 7.11 Å². The van der Waals surface area contributed by atoms with Crippen molar-refractivity contribution in [2.75, 3.05) is 7.11 Å². The van der Waals surface area contributed by atoms with E-state index >= 15 is 0 Å². The van der Waals surface area contributed by atoms with Crippen LogP contribution in [0.15, 0.2) is 18.2 Å². The lowest BCUT2D eigenvalue weighted by Gasteiger charge is -2.28. The maximum atomic E-state index is 10.9. The Morgan fingerprint density at radius 2 is 2.31 bits per heavy atom. The van der Waals surface area contributed by atoms with Crippen molar-refractivity contribution in [3.8, 4) is 5.75 Å². The molecule has 2 atom stereocenters. The molecule has 0 N–H and O–H groups in total.